The van der Waals surface area contributed by atoms with Crippen LogP contribution < -0.4 is 5.73 Å². The zero-order valence-electron chi connectivity index (χ0n) is 12.0. The Morgan fingerprint density at radius 1 is 1.32 bits per heavy atom. The first kappa shape index (κ1) is 14.8. The molecule has 0 aromatic carbocycles. The fourth-order valence-corrected chi connectivity index (χ4v) is 3.29. The van der Waals surface area contributed by atoms with E-state index in [1.807, 2.05) is 4.90 Å². The number of morpholine rings is 1. The largest absolute Gasteiger partial charge is 0.378 e. The third-order valence-corrected chi connectivity index (χ3v) is 4.49. The van der Waals surface area contributed by atoms with Crippen LogP contribution in [0.3, 0.4) is 0 Å². The van der Waals surface area contributed by atoms with Gasteiger partial charge < -0.3 is 15.4 Å². The van der Waals surface area contributed by atoms with Crippen molar-refractivity contribution < 1.29 is 9.53 Å². The summed E-state index contributed by atoms with van der Waals surface area (Å²) in [5, 5.41) is 0. The highest BCUT2D eigenvalue weighted by atomic mass is 16.5. The van der Waals surface area contributed by atoms with Crippen LogP contribution in [0.25, 0.3) is 0 Å². The van der Waals surface area contributed by atoms with Crippen LogP contribution in [0.1, 0.15) is 25.7 Å². The Balaban J connectivity index is 1.84. The SMILES string of the molecule is CN(CC(=O)N1CCOCC1)C1CCCCC1CN. The van der Waals surface area contributed by atoms with E-state index in [0.29, 0.717) is 31.7 Å². The van der Waals surface area contributed by atoms with Gasteiger partial charge in [-0.05, 0) is 32.4 Å². The fraction of sp³-hybridized carbons (Fsp3) is 0.929. The van der Waals surface area contributed by atoms with Crippen LogP contribution in [0.5, 0.6) is 0 Å². The number of ether oxygens (including phenoxy) is 1. The molecule has 19 heavy (non-hydrogen) atoms. The molecule has 2 atom stereocenters. The predicted octanol–water partition coefficient (Wildman–Crippen LogP) is 0.295. The zero-order chi connectivity index (χ0) is 13.7. The fourth-order valence-electron chi connectivity index (χ4n) is 3.29. The maximum absolute atomic E-state index is 12.2. The Hall–Kier alpha value is -0.650. The Bertz CT molecular complexity index is 292. The Labute approximate surface area is 116 Å². The molecule has 0 aromatic heterocycles. The molecule has 5 heteroatoms. The maximum atomic E-state index is 12.2. The number of amides is 1. The molecule has 1 aliphatic carbocycles. The molecule has 1 amide bonds. The molecule has 2 fully saturated rings. The van der Waals surface area contributed by atoms with Crippen LogP contribution in [0.4, 0.5) is 0 Å². The van der Waals surface area contributed by atoms with Crippen LogP contribution in [-0.2, 0) is 9.53 Å². The molecule has 0 bridgehead atoms. The second kappa shape index (κ2) is 7.22. The second-order valence-electron chi connectivity index (χ2n) is 5.76. The lowest BCUT2D eigenvalue weighted by atomic mass is 9.84. The van der Waals surface area contributed by atoms with Crippen LogP contribution in [0.2, 0.25) is 0 Å². The van der Waals surface area contributed by atoms with Crippen molar-refractivity contribution in [1.29, 1.82) is 0 Å². The number of likely N-dealkylation sites (N-methyl/N-ethyl adjacent to an activating group) is 1. The van der Waals surface area contributed by atoms with E-state index in [1.165, 1.54) is 25.7 Å². The van der Waals surface area contributed by atoms with Gasteiger partial charge in [-0.15, -0.1) is 0 Å². The van der Waals surface area contributed by atoms with Crippen molar-refractivity contribution in [1.82, 2.24) is 9.80 Å². The van der Waals surface area contributed by atoms with Crippen molar-refractivity contribution in [2.24, 2.45) is 11.7 Å². The average Bonchev–Trinajstić information content (AvgIpc) is 2.48. The second-order valence-corrected chi connectivity index (χ2v) is 5.76. The zero-order valence-corrected chi connectivity index (χ0v) is 12.0. The van der Waals surface area contributed by atoms with Gasteiger partial charge in [0.25, 0.3) is 0 Å². The first-order chi connectivity index (χ1) is 9.22. The normalized spacial score (nSPS) is 28.7. The minimum absolute atomic E-state index is 0.229. The van der Waals surface area contributed by atoms with Gasteiger partial charge in [-0.2, -0.15) is 0 Å². The minimum Gasteiger partial charge on any atom is -0.378 e. The summed E-state index contributed by atoms with van der Waals surface area (Å²) in [5.74, 6) is 0.781. The van der Waals surface area contributed by atoms with Gasteiger partial charge in [-0.25, -0.2) is 0 Å². The number of carbonyl (C=O) groups is 1. The number of hydrogen-bond acceptors (Lipinski definition) is 4. The van der Waals surface area contributed by atoms with Gasteiger partial charge >= 0.3 is 0 Å². The lowest BCUT2D eigenvalue weighted by Gasteiger charge is -2.38. The van der Waals surface area contributed by atoms with Gasteiger partial charge in [0.2, 0.25) is 5.91 Å². The number of nitrogens with two attached hydrogens (primary N) is 1. The number of nitrogens with zero attached hydrogens (tertiary/aromatic N) is 2. The third-order valence-electron chi connectivity index (χ3n) is 4.49. The molecule has 1 aliphatic heterocycles. The molecule has 2 aliphatic rings. The molecule has 2 rings (SSSR count). The number of carbonyl (C=O) groups excluding carboxylic acids is 1. The third kappa shape index (κ3) is 3.91. The maximum Gasteiger partial charge on any atom is 0.236 e. The van der Waals surface area contributed by atoms with E-state index >= 15 is 0 Å². The van der Waals surface area contributed by atoms with E-state index in [4.69, 9.17) is 10.5 Å². The van der Waals surface area contributed by atoms with Gasteiger partial charge in [-0.1, -0.05) is 12.8 Å². The summed E-state index contributed by atoms with van der Waals surface area (Å²) in [7, 11) is 2.07. The Morgan fingerprint density at radius 3 is 2.68 bits per heavy atom. The molecule has 0 spiro atoms. The van der Waals surface area contributed by atoms with Crippen molar-refractivity contribution >= 4 is 5.91 Å². The Morgan fingerprint density at radius 2 is 2.00 bits per heavy atom. The summed E-state index contributed by atoms with van der Waals surface area (Å²) in [6.07, 6.45) is 4.92. The molecule has 0 radical (unpaired) electrons. The molecule has 5 nitrogen and oxygen atoms in total. The lowest BCUT2D eigenvalue weighted by Crippen LogP contribution is -2.50. The Kier molecular flexibility index (Phi) is 5.60. The number of hydrogen-bond donors (Lipinski definition) is 1. The van der Waals surface area contributed by atoms with Gasteiger partial charge in [0.15, 0.2) is 0 Å². The first-order valence-corrected chi connectivity index (χ1v) is 7.48. The summed E-state index contributed by atoms with van der Waals surface area (Å²) >= 11 is 0. The van der Waals surface area contributed by atoms with E-state index in [0.717, 1.165) is 19.6 Å². The van der Waals surface area contributed by atoms with Gasteiger partial charge in [0.05, 0.1) is 19.8 Å². The lowest BCUT2D eigenvalue weighted by molar-refractivity contribution is -0.137. The predicted molar refractivity (Wildman–Crippen MR) is 74.8 cm³/mol. The van der Waals surface area contributed by atoms with Gasteiger partial charge in [-0.3, -0.25) is 9.69 Å². The van der Waals surface area contributed by atoms with E-state index < -0.39 is 0 Å². The van der Waals surface area contributed by atoms with E-state index in [1.54, 1.807) is 0 Å². The minimum atomic E-state index is 0.229. The summed E-state index contributed by atoms with van der Waals surface area (Å²) in [4.78, 5) is 16.4. The molecule has 110 valence electrons. The van der Waals surface area contributed by atoms with Crippen LogP contribution >= 0.6 is 0 Å². The molecule has 2 unspecified atom stereocenters. The quantitative estimate of drug-likeness (QED) is 0.797. The number of rotatable bonds is 4. The van der Waals surface area contributed by atoms with E-state index in [2.05, 4.69) is 11.9 Å². The van der Waals surface area contributed by atoms with Crippen molar-refractivity contribution in [2.45, 2.75) is 31.7 Å². The topological polar surface area (TPSA) is 58.8 Å². The molecule has 1 saturated heterocycles. The standard InChI is InChI=1S/C14H27N3O2/c1-16(13-5-3-2-4-12(13)10-15)11-14(18)17-6-8-19-9-7-17/h12-13H,2-11,15H2,1H3. The van der Waals surface area contributed by atoms with E-state index in [-0.39, 0.29) is 5.91 Å². The molecular weight excluding hydrogens is 242 g/mol. The van der Waals surface area contributed by atoms with Gasteiger partial charge in [0.1, 0.15) is 0 Å². The van der Waals surface area contributed by atoms with Crippen LogP contribution in [0.15, 0.2) is 0 Å². The summed E-state index contributed by atoms with van der Waals surface area (Å²) < 4.78 is 5.28. The summed E-state index contributed by atoms with van der Waals surface area (Å²) in [6.45, 7) is 4.06. The molecule has 2 N–H and O–H groups in total. The highest BCUT2D eigenvalue weighted by molar-refractivity contribution is 5.78. The molecular formula is C14H27N3O2. The van der Waals surface area contributed by atoms with Crippen molar-refractivity contribution in [2.75, 3.05) is 46.4 Å². The highest BCUT2D eigenvalue weighted by Gasteiger charge is 2.29. The summed E-state index contributed by atoms with van der Waals surface area (Å²) in [6, 6.07) is 0.476. The molecule has 1 saturated carbocycles. The first-order valence-electron chi connectivity index (χ1n) is 7.48. The highest BCUT2D eigenvalue weighted by Crippen LogP contribution is 2.27. The van der Waals surface area contributed by atoms with Crippen LogP contribution in [0, 0.1) is 5.92 Å². The van der Waals surface area contributed by atoms with Crippen molar-refractivity contribution in [3.05, 3.63) is 0 Å². The summed E-state index contributed by atoms with van der Waals surface area (Å²) in [5.41, 5.74) is 5.87. The van der Waals surface area contributed by atoms with E-state index in [9.17, 15) is 4.79 Å². The van der Waals surface area contributed by atoms with Crippen molar-refractivity contribution in [3.8, 4) is 0 Å². The van der Waals surface area contributed by atoms with Crippen molar-refractivity contribution in [3.63, 3.8) is 0 Å². The molecule has 0 aromatic rings. The molecule has 1 heterocycles. The van der Waals surface area contributed by atoms with Crippen LogP contribution in [-0.4, -0.2) is 68.2 Å². The average molecular weight is 269 g/mol. The smallest absolute Gasteiger partial charge is 0.236 e. The van der Waals surface area contributed by atoms with Gasteiger partial charge in [0, 0.05) is 19.1 Å². The monoisotopic (exact) mass is 269 g/mol.